The number of ether oxygens (including phenoxy) is 2. The number of benzene rings is 3. The minimum atomic E-state index is -1.00. The van der Waals surface area contributed by atoms with Crippen molar-refractivity contribution < 1.29 is 29.1 Å². The molecule has 0 aliphatic heterocycles. The number of nitro benzene ring substituents is 1. The van der Waals surface area contributed by atoms with Gasteiger partial charge in [-0.05, 0) is 54.5 Å². The van der Waals surface area contributed by atoms with E-state index in [2.05, 4.69) is 17.4 Å². The van der Waals surface area contributed by atoms with Crippen molar-refractivity contribution in [1.82, 2.24) is 4.90 Å². The first-order chi connectivity index (χ1) is 19.9. The smallest absolute Gasteiger partial charge is 0.333 e. The molecule has 0 heterocycles. The second-order valence-corrected chi connectivity index (χ2v) is 10.2. The maximum absolute atomic E-state index is 13.1. The molecule has 0 saturated carbocycles. The van der Waals surface area contributed by atoms with Crippen molar-refractivity contribution in [3.63, 3.8) is 0 Å². The lowest BCUT2D eigenvalue weighted by Crippen LogP contribution is -2.38. The molecule has 3 aromatic carbocycles. The molecule has 2 amide bonds. The predicted molar refractivity (Wildman–Crippen MR) is 160 cm³/mol. The second kappa shape index (κ2) is 16.9. The molecule has 3 rings (SSSR count). The van der Waals surface area contributed by atoms with Crippen molar-refractivity contribution in [2.45, 2.75) is 31.6 Å². The average molecular weight is 582 g/mol. The number of rotatable bonds is 17. The summed E-state index contributed by atoms with van der Waals surface area (Å²) < 4.78 is 11.1. The molecule has 0 bridgehead atoms. The first kappa shape index (κ1) is 31.4. The molecule has 1 unspecified atom stereocenters. The van der Waals surface area contributed by atoms with E-state index >= 15 is 0 Å². The summed E-state index contributed by atoms with van der Waals surface area (Å²) in [6.45, 7) is 3.16. The zero-order valence-electron chi connectivity index (χ0n) is 22.9. The Morgan fingerprint density at radius 1 is 1.00 bits per heavy atom. The zero-order chi connectivity index (χ0) is 29.5. The van der Waals surface area contributed by atoms with Gasteiger partial charge in [0.05, 0.1) is 11.5 Å². The molecule has 11 heteroatoms. The van der Waals surface area contributed by atoms with Gasteiger partial charge < -0.3 is 24.8 Å². The van der Waals surface area contributed by atoms with Gasteiger partial charge in [-0.25, -0.2) is 9.59 Å². The number of carboxylic acid groups (broad SMARTS) is 1. The van der Waals surface area contributed by atoms with Crippen LogP contribution in [0.15, 0.2) is 78.9 Å². The normalized spacial score (nSPS) is 11.4. The molecule has 218 valence electrons. The van der Waals surface area contributed by atoms with Crippen LogP contribution in [0.1, 0.15) is 24.5 Å². The lowest BCUT2D eigenvalue weighted by Gasteiger charge is -2.23. The van der Waals surface area contributed by atoms with Gasteiger partial charge in [0.1, 0.15) is 12.4 Å². The van der Waals surface area contributed by atoms with Crippen molar-refractivity contribution in [1.29, 1.82) is 0 Å². The lowest BCUT2D eigenvalue weighted by molar-refractivity contribution is -0.384. The Morgan fingerprint density at radius 3 is 2.34 bits per heavy atom. The van der Waals surface area contributed by atoms with Gasteiger partial charge in [-0.15, -0.1) is 0 Å². The number of hydrogen-bond donors (Lipinski definition) is 2. The SMILES string of the molecule is CCOC(Cc1ccc(OCCN(CCCSCc2ccccc2)C(=O)Nc2ccc([N+](=O)[O-])cc2)cc1)C(=O)O. The topological polar surface area (TPSA) is 131 Å². The number of amides is 2. The number of urea groups is 1. The van der Waals surface area contributed by atoms with Crippen molar-refractivity contribution in [3.8, 4) is 5.75 Å². The minimum absolute atomic E-state index is 0.0499. The van der Waals surface area contributed by atoms with Crippen LogP contribution < -0.4 is 10.1 Å². The van der Waals surface area contributed by atoms with Crippen LogP contribution in [-0.4, -0.2) is 65.1 Å². The van der Waals surface area contributed by atoms with Crippen LogP contribution in [0.2, 0.25) is 0 Å². The van der Waals surface area contributed by atoms with Crippen molar-refractivity contribution >= 4 is 35.1 Å². The Labute approximate surface area is 243 Å². The van der Waals surface area contributed by atoms with Crippen molar-refractivity contribution in [2.24, 2.45) is 0 Å². The summed E-state index contributed by atoms with van der Waals surface area (Å²) in [5, 5.41) is 23.0. The van der Waals surface area contributed by atoms with E-state index in [0.717, 1.165) is 23.5 Å². The van der Waals surface area contributed by atoms with Gasteiger partial charge >= 0.3 is 12.0 Å². The van der Waals surface area contributed by atoms with Gasteiger partial charge in [-0.3, -0.25) is 10.1 Å². The summed E-state index contributed by atoms with van der Waals surface area (Å²) in [5.41, 5.74) is 2.48. The number of carbonyl (C=O) groups is 2. The highest BCUT2D eigenvalue weighted by Gasteiger charge is 2.18. The Bertz CT molecular complexity index is 1240. The fourth-order valence-corrected chi connectivity index (χ4v) is 4.84. The third-order valence-corrected chi connectivity index (χ3v) is 7.18. The number of non-ortho nitro benzene ring substituents is 1. The first-order valence-electron chi connectivity index (χ1n) is 13.3. The third-order valence-electron chi connectivity index (χ3n) is 6.06. The number of nitrogens with zero attached hydrogens (tertiary/aromatic N) is 2. The summed E-state index contributed by atoms with van der Waals surface area (Å²) in [6.07, 6.45) is 0.132. The van der Waals surface area contributed by atoms with Gasteiger partial charge in [-0.2, -0.15) is 11.8 Å². The number of hydrogen-bond acceptors (Lipinski definition) is 7. The molecule has 2 N–H and O–H groups in total. The molecule has 0 fully saturated rings. The van der Waals surface area contributed by atoms with E-state index < -0.39 is 17.0 Å². The van der Waals surface area contributed by atoms with Gasteiger partial charge in [-0.1, -0.05) is 42.5 Å². The van der Waals surface area contributed by atoms with E-state index in [0.29, 0.717) is 31.1 Å². The summed E-state index contributed by atoms with van der Waals surface area (Å²) in [4.78, 5) is 36.5. The third kappa shape index (κ3) is 11.1. The van der Waals surface area contributed by atoms with Gasteiger partial charge in [0, 0.05) is 43.1 Å². The monoisotopic (exact) mass is 581 g/mol. The lowest BCUT2D eigenvalue weighted by atomic mass is 10.1. The fourth-order valence-electron chi connectivity index (χ4n) is 3.93. The molecular formula is C30H35N3O7S. The van der Waals surface area contributed by atoms with Crippen LogP contribution in [0.3, 0.4) is 0 Å². The van der Waals surface area contributed by atoms with Gasteiger partial charge in [0.25, 0.3) is 5.69 Å². The first-order valence-corrected chi connectivity index (χ1v) is 14.5. The maximum Gasteiger partial charge on any atom is 0.333 e. The summed E-state index contributed by atoms with van der Waals surface area (Å²) in [6, 6.07) is 22.7. The highest BCUT2D eigenvalue weighted by atomic mass is 32.2. The van der Waals surface area contributed by atoms with Crippen LogP contribution in [0, 0.1) is 10.1 Å². The number of carbonyl (C=O) groups excluding carboxylic acids is 1. The molecule has 0 aliphatic carbocycles. The number of carboxylic acids is 1. The Morgan fingerprint density at radius 2 is 1.71 bits per heavy atom. The fraction of sp³-hybridized carbons (Fsp3) is 0.333. The second-order valence-electron chi connectivity index (χ2n) is 9.09. The maximum atomic E-state index is 13.1. The number of nitrogens with one attached hydrogen (secondary N) is 1. The molecule has 41 heavy (non-hydrogen) atoms. The Balaban J connectivity index is 1.53. The highest BCUT2D eigenvalue weighted by Crippen LogP contribution is 2.18. The van der Waals surface area contributed by atoms with Gasteiger partial charge in [0.2, 0.25) is 0 Å². The van der Waals surface area contributed by atoms with E-state index in [1.54, 1.807) is 47.9 Å². The molecule has 0 saturated heterocycles. The van der Waals surface area contributed by atoms with Gasteiger partial charge in [0.15, 0.2) is 6.10 Å². The molecule has 1 atom stereocenters. The molecule has 0 spiro atoms. The molecule has 10 nitrogen and oxygen atoms in total. The van der Waals surface area contributed by atoms with Crippen LogP contribution in [0.4, 0.5) is 16.2 Å². The quantitative estimate of drug-likeness (QED) is 0.115. The molecule has 0 aliphatic rings. The van der Waals surface area contributed by atoms with E-state index in [4.69, 9.17) is 9.47 Å². The minimum Gasteiger partial charge on any atom is -0.492 e. The number of thioether (sulfide) groups is 1. The average Bonchev–Trinajstić information content (AvgIpc) is 2.97. The predicted octanol–water partition coefficient (Wildman–Crippen LogP) is 5.86. The van der Waals surface area contributed by atoms with Crippen LogP contribution in [-0.2, 0) is 21.7 Å². The summed E-state index contributed by atoms with van der Waals surface area (Å²) in [7, 11) is 0. The Kier molecular flexibility index (Phi) is 12.9. The van der Waals surface area contributed by atoms with E-state index in [1.165, 1.54) is 29.8 Å². The molecule has 3 aromatic rings. The standard InChI is InChI=1S/C30H35N3O7S/c1-2-39-28(29(34)35)21-23-9-15-27(16-10-23)40-19-18-32(17-6-20-41-22-24-7-4-3-5-8-24)30(36)31-25-11-13-26(14-12-25)33(37)38/h3-5,7-16,28H,2,6,17-22H2,1H3,(H,31,36)(H,34,35). The molecular weight excluding hydrogens is 546 g/mol. The molecule has 0 aromatic heterocycles. The van der Waals surface area contributed by atoms with Crippen LogP contribution >= 0.6 is 11.8 Å². The summed E-state index contributed by atoms with van der Waals surface area (Å²) >= 11 is 1.80. The number of aliphatic carboxylic acids is 1. The van der Waals surface area contributed by atoms with E-state index in [1.807, 2.05) is 18.2 Å². The Hall–Kier alpha value is -4.09. The largest absolute Gasteiger partial charge is 0.492 e. The highest BCUT2D eigenvalue weighted by molar-refractivity contribution is 7.98. The van der Waals surface area contributed by atoms with Crippen LogP contribution in [0.25, 0.3) is 0 Å². The van der Waals surface area contributed by atoms with E-state index in [-0.39, 0.29) is 24.7 Å². The van der Waals surface area contributed by atoms with Crippen molar-refractivity contribution in [3.05, 3.63) is 100 Å². The molecule has 0 radical (unpaired) electrons. The van der Waals surface area contributed by atoms with Crippen LogP contribution in [0.5, 0.6) is 5.75 Å². The summed E-state index contributed by atoms with van der Waals surface area (Å²) in [5.74, 6) is 1.37. The number of anilines is 1. The zero-order valence-corrected chi connectivity index (χ0v) is 23.8. The van der Waals surface area contributed by atoms with Crippen molar-refractivity contribution in [2.75, 3.05) is 37.4 Å². The number of nitro groups is 1. The van der Waals surface area contributed by atoms with E-state index in [9.17, 15) is 24.8 Å².